The number of benzene rings is 1. The van der Waals surface area contributed by atoms with Crippen molar-refractivity contribution in [2.75, 3.05) is 6.54 Å². The molecule has 1 aromatic carbocycles. The second kappa shape index (κ2) is 4.81. The maximum Gasteiger partial charge on any atom is 0.243 e. The molecule has 1 aromatic rings. The minimum Gasteiger partial charge on any atom is -0.207 e. The van der Waals surface area contributed by atoms with E-state index in [9.17, 15) is 8.42 Å². The van der Waals surface area contributed by atoms with Crippen molar-refractivity contribution in [3.05, 3.63) is 29.3 Å². The molecule has 0 radical (unpaired) electrons. The van der Waals surface area contributed by atoms with Gasteiger partial charge in [-0.25, -0.2) is 8.42 Å². The lowest BCUT2D eigenvalue weighted by molar-refractivity contribution is 0.133. The summed E-state index contributed by atoms with van der Waals surface area (Å²) in [4.78, 5) is 0.487. The van der Waals surface area contributed by atoms with Gasteiger partial charge in [-0.2, -0.15) is 4.31 Å². The van der Waals surface area contributed by atoms with Crippen LogP contribution in [-0.4, -0.2) is 25.3 Å². The molecule has 2 aliphatic rings. The molecule has 22 heavy (non-hydrogen) atoms. The average molecular weight is 321 g/mol. The maximum atomic E-state index is 13.2. The Labute approximate surface area is 134 Å². The van der Waals surface area contributed by atoms with Crippen LogP contribution in [-0.2, 0) is 10.0 Å². The number of hydrogen-bond donors (Lipinski definition) is 0. The summed E-state index contributed by atoms with van der Waals surface area (Å²) < 4.78 is 28.3. The van der Waals surface area contributed by atoms with Gasteiger partial charge >= 0.3 is 0 Å². The summed E-state index contributed by atoms with van der Waals surface area (Å²) in [5, 5.41) is 0. The molecule has 1 saturated heterocycles. The Kier molecular flexibility index (Phi) is 3.50. The minimum absolute atomic E-state index is 0.122. The topological polar surface area (TPSA) is 37.4 Å². The summed E-state index contributed by atoms with van der Waals surface area (Å²) in [6, 6.07) is 5.86. The van der Waals surface area contributed by atoms with E-state index in [-0.39, 0.29) is 16.9 Å². The Morgan fingerprint density at radius 3 is 2.50 bits per heavy atom. The zero-order chi connectivity index (χ0) is 16.3. The minimum atomic E-state index is -3.40. The van der Waals surface area contributed by atoms with Crippen molar-refractivity contribution < 1.29 is 8.42 Å². The Hall–Kier alpha value is -0.870. The van der Waals surface area contributed by atoms with E-state index in [1.54, 1.807) is 4.31 Å². The van der Waals surface area contributed by atoms with Crippen LogP contribution in [0.5, 0.6) is 0 Å². The maximum absolute atomic E-state index is 13.2. The highest BCUT2D eigenvalue weighted by Gasteiger charge is 2.53. The van der Waals surface area contributed by atoms with Crippen LogP contribution >= 0.6 is 0 Å². The van der Waals surface area contributed by atoms with Crippen LogP contribution in [0.25, 0.3) is 0 Å². The molecule has 122 valence electrons. The zero-order valence-electron chi connectivity index (χ0n) is 14.3. The molecule has 0 unspecified atom stereocenters. The van der Waals surface area contributed by atoms with E-state index in [2.05, 4.69) is 20.8 Å². The first-order chi connectivity index (χ1) is 10.0. The third kappa shape index (κ3) is 2.61. The van der Waals surface area contributed by atoms with Crippen LogP contribution in [0, 0.1) is 24.7 Å². The van der Waals surface area contributed by atoms with Gasteiger partial charge in [-0.3, -0.25) is 0 Å². The standard InChI is InChI=1S/C18H27NO2S/c1-13-6-7-14(2)16(8-13)22(20,21)19-12-18(5)10-15(19)9-17(3,4)11-18/h6-8,15H,9-12H2,1-5H3/t15-,18+/m1/s1. The van der Waals surface area contributed by atoms with Gasteiger partial charge < -0.3 is 0 Å². The van der Waals surface area contributed by atoms with Gasteiger partial charge in [-0.15, -0.1) is 0 Å². The molecule has 1 aliphatic heterocycles. The zero-order valence-corrected chi connectivity index (χ0v) is 15.1. The fourth-order valence-electron chi connectivity index (χ4n) is 4.80. The number of hydrogen-bond acceptors (Lipinski definition) is 2. The largest absolute Gasteiger partial charge is 0.243 e. The highest BCUT2D eigenvalue weighted by Crippen LogP contribution is 2.53. The summed E-state index contributed by atoms with van der Waals surface area (Å²) in [5.74, 6) is 0. The molecule has 4 heteroatoms. The Morgan fingerprint density at radius 1 is 1.14 bits per heavy atom. The van der Waals surface area contributed by atoms with Gasteiger partial charge in [0, 0.05) is 12.6 Å². The number of fused-ring (bicyclic) bond motifs is 2. The molecule has 2 atom stereocenters. The van der Waals surface area contributed by atoms with Gasteiger partial charge in [0.25, 0.3) is 0 Å². The Bertz CT molecular complexity index is 708. The molecule has 0 N–H and O–H groups in total. The van der Waals surface area contributed by atoms with Gasteiger partial charge in [-0.05, 0) is 61.1 Å². The van der Waals surface area contributed by atoms with Crippen LogP contribution in [0.2, 0.25) is 0 Å². The summed E-state index contributed by atoms with van der Waals surface area (Å²) in [6.07, 6.45) is 3.07. The summed E-state index contributed by atoms with van der Waals surface area (Å²) >= 11 is 0. The van der Waals surface area contributed by atoms with E-state index in [0.717, 1.165) is 30.4 Å². The lowest BCUT2D eigenvalue weighted by atomic mass is 9.65. The second-order valence-corrected chi connectivity index (χ2v) is 10.4. The molecule has 1 saturated carbocycles. The van der Waals surface area contributed by atoms with E-state index in [0.29, 0.717) is 11.4 Å². The van der Waals surface area contributed by atoms with Gasteiger partial charge in [-0.1, -0.05) is 32.9 Å². The van der Waals surface area contributed by atoms with Gasteiger partial charge in [0.2, 0.25) is 10.0 Å². The van der Waals surface area contributed by atoms with Gasteiger partial charge in [0.15, 0.2) is 0 Å². The molecule has 3 nitrogen and oxygen atoms in total. The van der Waals surface area contributed by atoms with E-state index in [1.807, 2.05) is 32.0 Å². The van der Waals surface area contributed by atoms with E-state index < -0.39 is 10.0 Å². The number of aryl methyl sites for hydroxylation is 2. The predicted octanol–water partition coefficient (Wildman–Crippen LogP) is 3.89. The van der Waals surface area contributed by atoms with E-state index in [1.165, 1.54) is 0 Å². The predicted molar refractivity (Wildman–Crippen MR) is 89.3 cm³/mol. The Balaban J connectivity index is 2.02. The van der Waals surface area contributed by atoms with E-state index in [4.69, 9.17) is 0 Å². The molecule has 0 spiro atoms. The van der Waals surface area contributed by atoms with Gasteiger partial charge in [0.05, 0.1) is 4.90 Å². The summed E-state index contributed by atoms with van der Waals surface area (Å²) in [7, 11) is -3.40. The fourth-order valence-corrected chi connectivity index (χ4v) is 6.89. The molecule has 0 amide bonds. The van der Waals surface area contributed by atoms with Crippen molar-refractivity contribution in [1.82, 2.24) is 4.31 Å². The normalized spacial score (nSPS) is 31.4. The lowest BCUT2D eigenvalue weighted by Gasteiger charge is -2.39. The van der Waals surface area contributed by atoms with Gasteiger partial charge in [0.1, 0.15) is 0 Å². The molecule has 2 fully saturated rings. The number of sulfonamides is 1. The van der Waals surface area contributed by atoms with Crippen LogP contribution < -0.4 is 0 Å². The van der Waals surface area contributed by atoms with Crippen molar-refractivity contribution in [3.8, 4) is 0 Å². The molecule has 1 heterocycles. The van der Waals surface area contributed by atoms with Crippen LogP contribution in [0.4, 0.5) is 0 Å². The highest BCUT2D eigenvalue weighted by molar-refractivity contribution is 7.89. The fraction of sp³-hybridized carbons (Fsp3) is 0.667. The van der Waals surface area contributed by atoms with Crippen molar-refractivity contribution in [1.29, 1.82) is 0 Å². The lowest BCUT2D eigenvalue weighted by Crippen LogP contribution is -2.38. The first kappa shape index (κ1) is 16.0. The first-order valence-corrected chi connectivity index (χ1v) is 9.56. The number of rotatable bonds is 2. The molecular formula is C18H27NO2S. The van der Waals surface area contributed by atoms with Crippen LogP contribution in [0.1, 0.15) is 51.2 Å². The molecule has 0 aromatic heterocycles. The SMILES string of the molecule is Cc1ccc(C)c(S(=O)(=O)N2C[C@@]3(C)C[C@H]2CC(C)(C)C3)c1. The van der Waals surface area contributed by atoms with Crippen LogP contribution in [0.15, 0.2) is 23.1 Å². The Morgan fingerprint density at radius 2 is 1.82 bits per heavy atom. The van der Waals surface area contributed by atoms with Crippen LogP contribution in [0.3, 0.4) is 0 Å². The monoisotopic (exact) mass is 321 g/mol. The van der Waals surface area contributed by atoms with Crippen molar-refractivity contribution in [2.45, 2.75) is 64.8 Å². The molecule has 1 aliphatic carbocycles. The number of nitrogens with zero attached hydrogens (tertiary/aromatic N) is 1. The van der Waals surface area contributed by atoms with Crippen molar-refractivity contribution >= 4 is 10.0 Å². The smallest absolute Gasteiger partial charge is 0.207 e. The third-order valence-corrected chi connectivity index (χ3v) is 7.34. The quantitative estimate of drug-likeness (QED) is 0.828. The average Bonchev–Trinajstić information content (AvgIpc) is 2.62. The molecule has 2 bridgehead atoms. The first-order valence-electron chi connectivity index (χ1n) is 8.12. The second-order valence-electron chi connectivity index (χ2n) is 8.53. The molecular weight excluding hydrogens is 294 g/mol. The molecule has 3 rings (SSSR count). The van der Waals surface area contributed by atoms with Crippen molar-refractivity contribution in [2.24, 2.45) is 10.8 Å². The third-order valence-electron chi connectivity index (χ3n) is 5.30. The van der Waals surface area contributed by atoms with Crippen molar-refractivity contribution in [3.63, 3.8) is 0 Å². The summed E-state index contributed by atoms with van der Waals surface area (Å²) in [5.41, 5.74) is 2.19. The van der Waals surface area contributed by atoms with E-state index >= 15 is 0 Å². The summed E-state index contributed by atoms with van der Waals surface area (Å²) in [6.45, 7) is 11.3. The highest BCUT2D eigenvalue weighted by atomic mass is 32.2.